The lowest BCUT2D eigenvalue weighted by Gasteiger charge is -2.32. The highest BCUT2D eigenvalue weighted by Gasteiger charge is 2.32. The minimum atomic E-state index is -0.761. The molecule has 31 heavy (non-hydrogen) atoms. The molecule has 1 atom stereocenters. The van der Waals surface area contributed by atoms with Gasteiger partial charge in [-0.25, -0.2) is 0 Å². The minimum Gasteiger partial charge on any atom is -0.493 e. The number of benzene rings is 1. The van der Waals surface area contributed by atoms with E-state index < -0.39 is 6.04 Å². The SMILES string of the molecule is CCCOc1ccc([C@@H](C(=O)NC2CCCCCC2)N(CCC)C(=O)CCl)cc1OC. The van der Waals surface area contributed by atoms with Gasteiger partial charge in [0.25, 0.3) is 0 Å². The molecular formula is C24H37ClN2O4. The molecule has 174 valence electrons. The van der Waals surface area contributed by atoms with Crippen LogP contribution < -0.4 is 14.8 Å². The van der Waals surface area contributed by atoms with Gasteiger partial charge in [0.15, 0.2) is 11.5 Å². The largest absolute Gasteiger partial charge is 0.493 e. The first-order valence-electron chi connectivity index (χ1n) is 11.5. The summed E-state index contributed by atoms with van der Waals surface area (Å²) in [7, 11) is 1.58. The van der Waals surface area contributed by atoms with Crippen LogP contribution in [-0.2, 0) is 9.59 Å². The number of carbonyl (C=O) groups excluding carboxylic acids is 2. The van der Waals surface area contributed by atoms with E-state index in [0.29, 0.717) is 30.2 Å². The van der Waals surface area contributed by atoms with Crippen molar-refractivity contribution < 1.29 is 19.1 Å². The Morgan fingerprint density at radius 1 is 1.13 bits per heavy atom. The predicted octanol–water partition coefficient (Wildman–Crippen LogP) is 4.84. The molecule has 1 aliphatic rings. The molecule has 2 amide bonds. The maximum atomic E-state index is 13.5. The van der Waals surface area contributed by atoms with Crippen molar-refractivity contribution in [2.75, 3.05) is 26.1 Å². The van der Waals surface area contributed by atoms with Gasteiger partial charge in [-0.15, -0.1) is 11.6 Å². The molecular weight excluding hydrogens is 416 g/mol. The Balaban J connectivity index is 2.38. The lowest BCUT2D eigenvalue weighted by atomic mass is 10.0. The summed E-state index contributed by atoms with van der Waals surface area (Å²) in [6.45, 7) is 5.05. The second-order valence-electron chi connectivity index (χ2n) is 8.08. The highest BCUT2D eigenvalue weighted by molar-refractivity contribution is 6.27. The van der Waals surface area contributed by atoms with E-state index in [1.807, 2.05) is 26.0 Å². The first-order valence-corrected chi connectivity index (χ1v) is 12.1. The minimum absolute atomic E-state index is 0.140. The van der Waals surface area contributed by atoms with Crippen LogP contribution in [0.2, 0.25) is 0 Å². The number of nitrogens with zero attached hydrogens (tertiary/aromatic N) is 1. The van der Waals surface area contributed by atoms with Crippen LogP contribution in [-0.4, -0.2) is 48.9 Å². The van der Waals surface area contributed by atoms with Crippen molar-refractivity contribution >= 4 is 23.4 Å². The van der Waals surface area contributed by atoms with E-state index in [0.717, 1.165) is 38.5 Å². The van der Waals surface area contributed by atoms with Crippen molar-refractivity contribution in [3.05, 3.63) is 23.8 Å². The number of nitrogens with one attached hydrogen (secondary N) is 1. The van der Waals surface area contributed by atoms with E-state index in [1.54, 1.807) is 18.1 Å². The number of carbonyl (C=O) groups is 2. The van der Waals surface area contributed by atoms with Crippen molar-refractivity contribution in [3.8, 4) is 11.5 Å². The van der Waals surface area contributed by atoms with Crippen LogP contribution in [0.5, 0.6) is 11.5 Å². The predicted molar refractivity (Wildman–Crippen MR) is 124 cm³/mol. The average molecular weight is 453 g/mol. The van der Waals surface area contributed by atoms with Gasteiger partial charge in [0.1, 0.15) is 11.9 Å². The number of hydrogen-bond acceptors (Lipinski definition) is 4. The maximum Gasteiger partial charge on any atom is 0.247 e. The van der Waals surface area contributed by atoms with Crippen LogP contribution in [0.1, 0.15) is 76.8 Å². The number of rotatable bonds is 11. The molecule has 1 fully saturated rings. The fraction of sp³-hybridized carbons (Fsp3) is 0.667. The van der Waals surface area contributed by atoms with Gasteiger partial charge >= 0.3 is 0 Å². The number of halogens is 1. The molecule has 0 heterocycles. The first kappa shape index (κ1) is 25.3. The molecule has 0 bridgehead atoms. The third-order valence-corrected chi connectivity index (χ3v) is 5.85. The summed E-state index contributed by atoms with van der Waals surface area (Å²) in [5, 5.41) is 3.21. The topological polar surface area (TPSA) is 67.9 Å². The van der Waals surface area contributed by atoms with Crippen molar-refractivity contribution in [1.82, 2.24) is 10.2 Å². The van der Waals surface area contributed by atoms with E-state index in [-0.39, 0.29) is 23.7 Å². The summed E-state index contributed by atoms with van der Waals surface area (Å²) in [6.07, 6.45) is 8.21. The molecule has 1 aromatic carbocycles. The van der Waals surface area contributed by atoms with Crippen LogP contribution in [0.3, 0.4) is 0 Å². The molecule has 0 spiro atoms. The van der Waals surface area contributed by atoms with Crippen molar-refractivity contribution in [2.45, 2.75) is 77.3 Å². The van der Waals surface area contributed by atoms with Crippen molar-refractivity contribution in [2.24, 2.45) is 0 Å². The fourth-order valence-corrected chi connectivity index (χ4v) is 4.23. The van der Waals surface area contributed by atoms with Crippen LogP contribution in [0.4, 0.5) is 0 Å². The summed E-state index contributed by atoms with van der Waals surface area (Å²) < 4.78 is 11.3. The molecule has 0 unspecified atom stereocenters. The molecule has 6 nitrogen and oxygen atoms in total. The smallest absolute Gasteiger partial charge is 0.247 e. The summed E-state index contributed by atoms with van der Waals surface area (Å²) in [6, 6.07) is 4.83. The molecule has 0 radical (unpaired) electrons. The van der Waals surface area contributed by atoms with Crippen LogP contribution in [0.15, 0.2) is 18.2 Å². The number of amides is 2. The Morgan fingerprint density at radius 3 is 2.42 bits per heavy atom. The highest BCUT2D eigenvalue weighted by atomic mass is 35.5. The molecule has 7 heteroatoms. The Bertz CT molecular complexity index is 705. The molecule has 1 aliphatic carbocycles. The standard InChI is InChI=1S/C24H37ClN2O4/c1-4-14-27(22(28)17-25)23(24(29)26-19-10-8-6-7-9-11-19)18-12-13-20(31-15-5-2)21(16-18)30-3/h12-13,16,19,23H,4-11,14-15,17H2,1-3H3,(H,26,29)/t23-/m0/s1. The van der Waals surface area contributed by atoms with Crippen LogP contribution >= 0.6 is 11.6 Å². The van der Waals surface area contributed by atoms with Crippen LogP contribution in [0, 0.1) is 0 Å². The second-order valence-corrected chi connectivity index (χ2v) is 8.35. The fourth-order valence-electron chi connectivity index (χ4n) is 4.08. The molecule has 0 aromatic heterocycles. The van der Waals surface area contributed by atoms with Gasteiger partial charge in [0, 0.05) is 12.6 Å². The van der Waals surface area contributed by atoms with E-state index in [9.17, 15) is 9.59 Å². The number of hydrogen-bond donors (Lipinski definition) is 1. The monoisotopic (exact) mass is 452 g/mol. The number of ether oxygens (including phenoxy) is 2. The Kier molecular flexibility index (Phi) is 11.0. The van der Waals surface area contributed by atoms with Gasteiger partial charge < -0.3 is 19.7 Å². The van der Waals surface area contributed by atoms with E-state index in [2.05, 4.69) is 5.32 Å². The van der Waals surface area contributed by atoms with Gasteiger partial charge in [-0.05, 0) is 43.4 Å². The van der Waals surface area contributed by atoms with E-state index in [1.165, 1.54) is 12.8 Å². The van der Waals surface area contributed by atoms with E-state index >= 15 is 0 Å². The molecule has 2 rings (SSSR count). The molecule has 1 N–H and O–H groups in total. The van der Waals surface area contributed by atoms with Gasteiger partial charge in [0.2, 0.25) is 11.8 Å². The molecule has 0 aliphatic heterocycles. The Morgan fingerprint density at radius 2 is 1.84 bits per heavy atom. The quantitative estimate of drug-likeness (QED) is 0.385. The van der Waals surface area contributed by atoms with Crippen molar-refractivity contribution in [3.63, 3.8) is 0 Å². The Labute approximate surface area is 191 Å². The lowest BCUT2D eigenvalue weighted by molar-refractivity contribution is -0.139. The van der Waals surface area contributed by atoms with Crippen molar-refractivity contribution in [1.29, 1.82) is 0 Å². The van der Waals surface area contributed by atoms with Gasteiger partial charge in [-0.2, -0.15) is 0 Å². The normalized spacial score (nSPS) is 15.6. The zero-order chi connectivity index (χ0) is 22.6. The number of alkyl halides is 1. The molecule has 1 saturated carbocycles. The third-order valence-electron chi connectivity index (χ3n) is 5.63. The maximum absolute atomic E-state index is 13.5. The summed E-state index contributed by atoms with van der Waals surface area (Å²) in [4.78, 5) is 27.8. The highest BCUT2D eigenvalue weighted by Crippen LogP contribution is 2.33. The average Bonchev–Trinajstić information content (AvgIpc) is 3.05. The van der Waals surface area contributed by atoms with E-state index in [4.69, 9.17) is 21.1 Å². The van der Waals surface area contributed by atoms with Gasteiger partial charge in [0.05, 0.1) is 13.7 Å². The van der Waals surface area contributed by atoms with Gasteiger partial charge in [-0.1, -0.05) is 45.6 Å². The zero-order valence-electron chi connectivity index (χ0n) is 19.1. The van der Waals surface area contributed by atoms with Gasteiger partial charge in [-0.3, -0.25) is 9.59 Å². The summed E-state index contributed by atoms with van der Waals surface area (Å²) >= 11 is 5.91. The Hall–Kier alpha value is -1.95. The summed E-state index contributed by atoms with van der Waals surface area (Å²) in [5.74, 6) is 0.592. The lowest BCUT2D eigenvalue weighted by Crippen LogP contribution is -2.47. The molecule has 0 saturated heterocycles. The number of methoxy groups -OCH3 is 1. The molecule has 1 aromatic rings. The van der Waals surface area contributed by atoms with Crippen LogP contribution in [0.25, 0.3) is 0 Å². The summed E-state index contributed by atoms with van der Waals surface area (Å²) in [5.41, 5.74) is 0.693. The first-order chi connectivity index (χ1) is 15.0. The third kappa shape index (κ3) is 7.30. The second kappa shape index (κ2) is 13.5. The zero-order valence-corrected chi connectivity index (χ0v) is 19.9.